The highest BCUT2D eigenvalue weighted by Crippen LogP contribution is 2.40. The largest absolute Gasteiger partial charge is 0.239 e. The third-order valence-corrected chi connectivity index (χ3v) is 5.53. The average Bonchev–Trinajstić information content (AvgIpc) is 3.23. The lowest BCUT2D eigenvalue weighted by Gasteiger charge is -2.10. The molecule has 4 aromatic rings. The molecule has 0 aliphatic carbocycles. The Morgan fingerprint density at radius 2 is 2.04 bits per heavy atom. The molecule has 0 fully saturated rings. The Kier molecular flexibility index (Phi) is 3.36. The molecule has 3 heterocycles. The molecule has 0 bridgehead atoms. The van der Waals surface area contributed by atoms with Crippen molar-refractivity contribution in [1.29, 1.82) is 0 Å². The number of sulfone groups is 1. The van der Waals surface area contributed by atoms with Gasteiger partial charge in [-0.25, -0.2) is 18.5 Å². The molecule has 0 spiro atoms. The third kappa shape index (κ3) is 2.36. The van der Waals surface area contributed by atoms with E-state index in [9.17, 15) is 8.42 Å². The van der Waals surface area contributed by atoms with E-state index < -0.39 is 9.84 Å². The summed E-state index contributed by atoms with van der Waals surface area (Å²) in [5.41, 5.74) is 1.74. The van der Waals surface area contributed by atoms with Gasteiger partial charge in [-0.05, 0) is 40.2 Å². The van der Waals surface area contributed by atoms with Gasteiger partial charge >= 0.3 is 0 Å². The fraction of sp³-hybridized carbons (Fsp3) is 0.0714. The number of H-pyrrole nitrogens is 1. The maximum atomic E-state index is 12.2. The number of pyridine rings is 1. The maximum Gasteiger partial charge on any atom is 0.181 e. The number of fused-ring (bicyclic) bond motifs is 1. The lowest BCUT2D eigenvalue weighted by Crippen LogP contribution is -2.02. The van der Waals surface area contributed by atoms with Crippen LogP contribution in [0.3, 0.4) is 0 Å². The van der Waals surface area contributed by atoms with Crippen molar-refractivity contribution >= 4 is 32.4 Å². The fourth-order valence-corrected chi connectivity index (χ4v) is 4.27. The molecule has 10 heteroatoms. The maximum absolute atomic E-state index is 12.2. The predicted octanol–water partition coefficient (Wildman–Crippen LogP) is 1.94. The second-order valence-electron chi connectivity index (χ2n) is 5.09. The van der Waals surface area contributed by atoms with Gasteiger partial charge in [-0.3, -0.25) is 0 Å². The van der Waals surface area contributed by atoms with E-state index >= 15 is 0 Å². The second-order valence-corrected chi connectivity index (χ2v) is 7.84. The minimum Gasteiger partial charge on any atom is -0.239 e. The summed E-state index contributed by atoms with van der Waals surface area (Å²) in [6, 6.07) is 8.78. The normalized spacial score (nSPS) is 11.9. The van der Waals surface area contributed by atoms with Crippen LogP contribution in [-0.2, 0) is 9.84 Å². The Morgan fingerprint density at radius 1 is 1.17 bits per heavy atom. The highest BCUT2D eigenvalue weighted by molar-refractivity contribution is 7.90. The highest BCUT2D eigenvalue weighted by Gasteiger charge is 2.23. The second kappa shape index (κ2) is 5.42. The van der Waals surface area contributed by atoms with Gasteiger partial charge in [0.25, 0.3) is 0 Å². The molecule has 0 radical (unpaired) electrons. The first kappa shape index (κ1) is 14.8. The van der Waals surface area contributed by atoms with Gasteiger partial charge in [0.2, 0.25) is 0 Å². The van der Waals surface area contributed by atoms with Crippen molar-refractivity contribution in [3.63, 3.8) is 0 Å². The van der Waals surface area contributed by atoms with Gasteiger partial charge < -0.3 is 0 Å². The first-order valence-electron chi connectivity index (χ1n) is 6.83. The summed E-state index contributed by atoms with van der Waals surface area (Å²) in [5, 5.41) is 14.5. The summed E-state index contributed by atoms with van der Waals surface area (Å²) in [6.07, 6.45) is 2.83. The molecule has 120 valence electrons. The van der Waals surface area contributed by atoms with Gasteiger partial charge in [0.1, 0.15) is 0 Å². The van der Waals surface area contributed by atoms with Crippen molar-refractivity contribution < 1.29 is 8.42 Å². The molecule has 1 aromatic carbocycles. The number of hydrogen-bond donors (Lipinski definition) is 1. The Labute approximate surface area is 140 Å². The molecule has 0 saturated heterocycles. The SMILES string of the molecule is CS(=O)(=O)c1cccc(-c2snc3ncccc23)c1-c1nnn[nH]1. The number of aromatic nitrogens is 6. The van der Waals surface area contributed by atoms with Crippen molar-refractivity contribution in [2.45, 2.75) is 4.90 Å². The van der Waals surface area contributed by atoms with E-state index in [-0.39, 0.29) is 10.7 Å². The molecule has 0 saturated carbocycles. The van der Waals surface area contributed by atoms with Crippen LogP contribution in [0.25, 0.3) is 32.9 Å². The molecule has 0 aliphatic heterocycles. The Morgan fingerprint density at radius 3 is 2.79 bits per heavy atom. The number of nitrogens with one attached hydrogen (secondary N) is 1. The minimum atomic E-state index is -3.47. The molecular weight excluding hydrogens is 348 g/mol. The van der Waals surface area contributed by atoms with Crippen LogP contribution in [0.1, 0.15) is 0 Å². The minimum absolute atomic E-state index is 0.156. The fourth-order valence-electron chi connectivity index (χ4n) is 2.52. The first-order chi connectivity index (χ1) is 11.6. The average molecular weight is 358 g/mol. The van der Waals surface area contributed by atoms with Gasteiger partial charge in [-0.1, -0.05) is 12.1 Å². The van der Waals surface area contributed by atoms with Gasteiger partial charge in [0.05, 0.1) is 9.77 Å². The summed E-state index contributed by atoms with van der Waals surface area (Å²) in [5.74, 6) is 0.288. The van der Waals surface area contributed by atoms with Crippen molar-refractivity contribution in [3.05, 3.63) is 36.5 Å². The van der Waals surface area contributed by atoms with Crippen molar-refractivity contribution in [3.8, 4) is 21.8 Å². The summed E-state index contributed by atoms with van der Waals surface area (Å²) in [7, 11) is -3.47. The zero-order valence-corrected chi connectivity index (χ0v) is 14.0. The van der Waals surface area contributed by atoms with E-state index in [2.05, 4.69) is 30.0 Å². The Bertz CT molecular complexity index is 1140. The van der Waals surface area contributed by atoms with Crippen LogP contribution in [0.15, 0.2) is 41.4 Å². The van der Waals surface area contributed by atoms with Crippen LogP contribution in [0.5, 0.6) is 0 Å². The molecule has 0 atom stereocenters. The van der Waals surface area contributed by atoms with Crippen LogP contribution in [-0.4, -0.2) is 44.7 Å². The first-order valence-corrected chi connectivity index (χ1v) is 9.50. The van der Waals surface area contributed by atoms with Crippen LogP contribution in [0.2, 0.25) is 0 Å². The molecule has 1 N–H and O–H groups in total. The molecule has 24 heavy (non-hydrogen) atoms. The van der Waals surface area contributed by atoms with Gasteiger partial charge in [0.15, 0.2) is 21.3 Å². The summed E-state index contributed by atoms with van der Waals surface area (Å²) >= 11 is 1.26. The van der Waals surface area contributed by atoms with Crippen molar-refractivity contribution in [2.24, 2.45) is 0 Å². The zero-order valence-electron chi connectivity index (χ0n) is 12.3. The Balaban J connectivity index is 2.10. The number of hydrogen-bond acceptors (Lipinski definition) is 8. The summed E-state index contributed by atoms with van der Waals surface area (Å²) in [4.78, 5) is 5.20. The van der Waals surface area contributed by atoms with Crippen molar-refractivity contribution in [2.75, 3.05) is 6.26 Å². The lowest BCUT2D eigenvalue weighted by molar-refractivity contribution is 0.602. The molecule has 0 aliphatic rings. The quantitative estimate of drug-likeness (QED) is 0.595. The van der Waals surface area contributed by atoms with Gasteiger partial charge in [-0.2, -0.15) is 4.37 Å². The standard InChI is InChI=1S/C14H10N6O2S2/c1-24(21,22)10-6-2-4-8(11(10)14-16-19-20-17-14)12-9-5-3-7-15-13(9)18-23-12/h2-7H,1H3,(H,16,17,19,20). The Hall–Kier alpha value is -2.72. The van der Waals surface area contributed by atoms with Gasteiger partial charge in [-0.15, -0.1) is 5.10 Å². The van der Waals surface area contributed by atoms with E-state index in [1.54, 1.807) is 12.3 Å². The summed E-state index contributed by atoms with van der Waals surface area (Å²) < 4.78 is 28.8. The number of aromatic amines is 1. The predicted molar refractivity (Wildman–Crippen MR) is 89.1 cm³/mol. The monoisotopic (exact) mass is 358 g/mol. The summed E-state index contributed by atoms with van der Waals surface area (Å²) in [6.45, 7) is 0. The van der Waals surface area contributed by atoms with Crippen LogP contribution in [0, 0.1) is 0 Å². The van der Waals surface area contributed by atoms with Crippen LogP contribution >= 0.6 is 11.5 Å². The zero-order chi connectivity index (χ0) is 16.7. The van der Waals surface area contributed by atoms with E-state index in [1.165, 1.54) is 17.6 Å². The molecule has 4 rings (SSSR count). The van der Waals surface area contributed by atoms with Gasteiger partial charge in [0, 0.05) is 29.0 Å². The molecule has 8 nitrogen and oxygen atoms in total. The highest BCUT2D eigenvalue weighted by atomic mass is 32.2. The number of tetrazole rings is 1. The van der Waals surface area contributed by atoms with E-state index in [0.717, 1.165) is 16.5 Å². The lowest BCUT2D eigenvalue weighted by atomic mass is 10.0. The number of nitrogens with zero attached hydrogens (tertiary/aromatic N) is 5. The molecule has 0 amide bonds. The topological polar surface area (TPSA) is 114 Å². The number of rotatable bonds is 3. The van der Waals surface area contributed by atoms with E-state index in [4.69, 9.17) is 0 Å². The molecule has 3 aromatic heterocycles. The van der Waals surface area contributed by atoms with E-state index in [1.807, 2.05) is 18.2 Å². The molecular formula is C14H10N6O2S2. The van der Waals surface area contributed by atoms with Crippen LogP contribution < -0.4 is 0 Å². The smallest absolute Gasteiger partial charge is 0.181 e. The van der Waals surface area contributed by atoms with Crippen molar-refractivity contribution in [1.82, 2.24) is 30.0 Å². The van der Waals surface area contributed by atoms with E-state index in [0.29, 0.717) is 16.8 Å². The molecule has 0 unspecified atom stereocenters. The van der Waals surface area contributed by atoms with Crippen LogP contribution in [0.4, 0.5) is 0 Å². The number of benzene rings is 1. The third-order valence-electron chi connectivity index (χ3n) is 3.51.